The Morgan fingerprint density at radius 2 is 2.04 bits per heavy atom. The van der Waals surface area contributed by atoms with Crippen LogP contribution in [0.3, 0.4) is 0 Å². The second-order valence-electron chi connectivity index (χ2n) is 7.73. The molecule has 1 unspecified atom stereocenters. The largest absolute Gasteiger partial charge is 0.481 e. The maximum absolute atomic E-state index is 13.2. The summed E-state index contributed by atoms with van der Waals surface area (Å²) in [4.78, 5) is 18.9. The second kappa shape index (κ2) is 6.09. The van der Waals surface area contributed by atoms with Gasteiger partial charge in [0.15, 0.2) is 5.03 Å². The van der Waals surface area contributed by atoms with Gasteiger partial charge in [-0.1, -0.05) is 32.0 Å². The van der Waals surface area contributed by atoms with Gasteiger partial charge in [0.05, 0.1) is 17.3 Å². The smallest absolute Gasteiger partial charge is 0.310 e. The zero-order valence-corrected chi connectivity index (χ0v) is 16.2. The average Bonchev–Trinajstić information content (AvgIpc) is 3.28. The fourth-order valence-corrected chi connectivity index (χ4v) is 5.49. The molecular weight excluding hydrogens is 366 g/mol. The van der Waals surface area contributed by atoms with Crippen molar-refractivity contribution in [3.63, 3.8) is 0 Å². The predicted molar refractivity (Wildman–Crippen MR) is 100 cm³/mol. The lowest BCUT2D eigenvalue weighted by Crippen LogP contribution is -2.39. The van der Waals surface area contributed by atoms with Crippen molar-refractivity contribution in [3.8, 4) is 0 Å². The summed E-state index contributed by atoms with van der Waals surface area (Å²) >= 11 is 0. The summed E-state index contributed by atoms with van der Waals surface area (Å²) in [6, 6.07) is 7.25. The van der Waals surface area contributed by atoms with Crippen molar-refractivity contribution in [2.45, 2.75) is 50.0 Å². The number of aromatic amines is 1. The predicted octanol–water partition coefficient (Wildman–Crippen LogP) is 3.08. The maximum Gasteiger partial charge on any atom is 0.310 e. The molecule has 0 saturated heterocycles. The molecule has 1 fully saturated rings. The van der Waals surface area contributed by atoms with Crippen LogP contribution in [0.1, 0.15) is 56.3 Å². The zero-order valence-electron chi connectivity index (χ0n) is 15.3. The van der Waals surface area contributed by atoms with Gasteiger partial charge < -0.3 is 10.1 Å². The average molecular weight is 389 g/mol. The van der Waals surface area contributed by atoms with Crippen molar-refractivity contribution < 1.29 is 18.3 Å². The minimum absolute atomic E-state index is 0.0684. The van der Waals surface area contributed by atoms with Crippen LogP contribution in [-0.4, -0.2) is 36.0 Å². The summed E-state index contributed by atoms with van der Waals surface area (Å²) in [5, 5.41) is 9.76. The van der Waals surface area contributed by atoms with Crippen LogP contribution in [0.2, 0.25) is 0 Å². The first-order valence-electron chi connectivity index (χ1n) is 9.17. The van der Waals surface area contributed by atoms with E-state index in [2.05, 4.69) is 9.97 Å². The van der Waals surface area contributed by atoms with Gasteiger partial charge in [-0.25, -0.2) is 4.98 Å². The Balaban J connectivity index is 1.75. The molecule has 0 amide bonds. The van der Waals surface area contributed by atoms with Gasteiger partial charge in [-0.15, -0.1) is 0 Å². The van der Waals surface area contributed by atoms with Crippen LogP contribution in [0.5, 0.6) is 0 Å². The third-order valence-electron chi connectivity index (χ3n) is 5.77. The molecule has 7 nitrogen and oxygen atoms in total. The third kappa shape index (κ3) is 2.74. The Morgan fingerprint density at radius 1 is 1.33 bits per heavy atom. The summed E-state index contributed by atoms with van der Waals surface area (Å²) in [5.74, 6) is -0.226. The molecule has 2 aliphatic rings. The fraction of sp³-hybridized carbons (Fsp3) is 0.474. The number of fused-ring (bicyclic) bond motifs is 1. The third-order valence-corrected chi connectivity index (χ3v) is 7.49. The van der Waals surface area contributed by atoms with Gasteiger partial charge in [-0.05, 0) is 30.9 Å². The van der Waals surface area contributed by atoms with E-state index in [1.54, 1.807) is 12.1 Å². The zero-order chi connectivity index (χ0) is 19.4. The van der Waals surface area contributed by atoms with E-state index in [0.29, 0.717) is 30.8 Å². The van der Waals surface area contributed by atoms with Crippen LogP contribution >= 0.6 is 0 Å². The molecule has 1 saturated carbocycles. The molecule has 1 aromatic heterocycles. The molecule has 144 valence electrons. The van der Waals surface area contributed by atoms with Gasteiger partial charge in [0.1, 0.15) is 5.82 Å². The van der Waals surface area contributed by atoms with E-state index in [1.165, 1.54) is 10.5 Å². The lowest BCUT2D eigenvalue weighted by molar-refractivity contribution is -0.144. The van der Waals surface area contributed by atoms with Crippen molar-refractivity contribution in [3.05, 3.63) is 41.9 Å². The highest BCUT2D eigenvalue weighted by Gasteiger charge is 2.58. The van der Waals surface area contributed by atoms with Gasteiger partial charge in [0.25, 0.3) is 10.0 Å². The first kappa shape index (κ1) is 18.0. The minimum atomic E-state index is -3.79. The molecule has 2 N–H and O–H groups in total. The molecular formula is C19H23N3O4S. The number of rotatable bonds is 5. The standard InChI is InChI=1S/C19H23N3O4S/c1-12(2)17-20-11-16(21-17)27(25,26)22-10-7-14(19(8-9-19)18(23)24)13-5-3-4-6-15(13)22/h3-6,11-12,14H,7-10H2,1-2H3,(H,20,21)(H,23,24). The van der Waals surface area contributed by atoms with Crippen molar-refractivity contribution in [2.75, 3.05) is 10.8 Å². The molecule has 2 aromatic rings. The fourth-order valence-electron chi connectivity index (χ4n) is 4.06. The number of H-pyrrole nitrogens is 1. The maximum atomic E-state index is 13.2. The Morgan fingerprint density at radius 3 is 2.63 bits per heavy atom. The Kier molecular flexibility index (Phi) is 4.06. The summed E-state index contributed by atoms with van der Waals surface area (Å²) in [6.45, 7) is 4.14. The molecule has 1 aliphatic carbocycles. The van der Waals surface area contributed by atoms with Crippen molar-refractivity contribution in [1.29, 1.82) is 0 Å². The van der Waals surface area contributed by atoms with E-state index in [4.69, 9.17) is 0 Å². The number of para-hydroxylation sites is 1. The van der Waals surface area contributed by atoms with E-state index >= 15 is 0 Å². The van der Waals surface area contributed by atoms with E-state index < -0.39 is 21.4 Å². The van der Waals surface area contributed by atoms with Crippen LogP contribution in [0.4, 0.5) is 5.69 Å². The van der Waals surface area contributed by atoms with Crippen LogP contribution in [0.25, 0.3) is 0 Å². The summed E-state index contributed by atoms with van der Waals surface area (Å²) in [5.41, 5.74) is 0.628. The monoisotopic (exact) mass is 389 g/mol. The molecule has 2 heterocycles. The van der Waals surface area contributed by atoms with Gasteiger partial charge in [0, 0.05) is 18.4 Å². The Labute approximate surface area is 158 Å². The normalized spacial score (nSPS) is 21.1. The molecule has 0 bridgehead atoms. The van der Waals surface area contributed by atoms with Crippen molar-refractivity contribution >= 4 is 21.7 Å². The topological polar surface area (TPSA) is 103 Å². The highest BCUT2D eigenvalue weighted by Crippen LogP contribution is 2.60. The number of imidazole rings is 1. The van der Waals surface area contributed by atoms with Crippen LogP contribution in [0, 0.1) is 5.41 Å². The number of hydrogen-bond donors (Lipinski definition) is 2. The molecule has 1 atom stereocenters. The van der Waals surface area contributed by atoms with Crippen LogP contribution < -0.4 is 4.31 Å². The SMILES string of the molecule is CC(C)c1ncc(S(=O)(=O)N2CCC(C3(C(=O)O)CC3)c3ccccc32)[nH]1. The first-order chi connectivity index (χ1) is 12.8. The summed E-state index contributed by atoms with van der Waals surface area (Å²) < 4.78 is 27.8. The molecule has 4 rings (SSSR count). The summed E-state index contributed by atoms with van der Waals surface area (Å²) in [6.07, 6.45) is 3.14. The number of carbonyl (C=O) groups is 1. The van der Waals surface area contributed by atoms with E-state index in [0.717, 1.165) is 5.56 Å². The molecule has 1 aliphatic heterocycles. The lowest BCUT2D eigenvalue weighted by Gasteiger charge is -2.37. The second-order valence-corrected chi connectivity index (χ2v) is 9.56. The number of carboxylic acids is 1. The number of sulfonamides is 1. The lowest BCUT2D eigenvalue weighted by atomic mass is 9.78. The van der Waals surface area contributed by atoms with Gasteiger partial charge >= 0.3 is 5.97 Å². The number of aromatic nitrogens is 2. The molecule has 0 radical (unpaired) electrons. The van der Waals surface area contributed by atoms with Crippen molar-refractivity contribution in [2.24, 2.45) is 5.41 Å². The summed E-state index contributed by atoms with van der Waals surface area (Å²) in [7, 11) is -3.79. The van der Waals surface area contributed by atoms with Crippen LogP contribution in [-0.2, 0) is 14.8 Å². The first-order valence-corrected chi connectivity index (χ1v) is 10.6. The highest BCUT2D eigenvalue weighted by atomic mass is 32.2. The minimum Gasteiger partial charge on any atom is -0.481 e. The number of anilines is 1. The van der Waals surface area contributed by atoms with Gasteiger partial charge in [-0.3, -0.25) is 9.10 Å². The van der Waals surface area contributed by atoms with Crippen LogP contribution in [0.15, 0.2) is 35.5 Å². The van der Waals surface area contributed by atoms with Gasteiger partial charge in [0.2, 0.25) is 0 Å². The Hall–Kier alpha value is -2.35. The number of nitrogens with zero attached hydrogens (tertiary/aromatic N) is 2. The molecule has 0 spiro atoms. The number of aliphatic carboxylic acids is 1. The number of carboxylic acid groups (broad SMARTS) is 1. The number of hydrogen-bond acceptors (Lipinski definition) is 4. The molecule has 1 aromatic carbocycles. The molecule has 8 heteroatoms. The quantitative estimate of drug-likeness (QED) is 0.818. The van der Waals surface area contributed by atoms with E-state index in [9.17, 15) is 18.3 Å². The molecule has 27 heavy (non-hydrogen) atoms. The number of nitrogens with one attached hydrogen (secondary N) is 1. The van der Waals surface area contributed by atoms with Gasteiger partial charge in [-0.2, -0.15) is 8.42 Å². The number of benzene rings is 1. The van der Waals surface area contributed by atoms with E-state index in [1.807, 2.05) is 26.0 Å². The Bertz CT molecular complexity index is 992. The van der Waals surface area contributed by atoms with Crippen molar-refractivity contribution in [1.82, 2.24) is 9.97 Å². The van der Waals surface area contributed by atoms with E-state index in [-0.39, 0.29) is 23.4 Å². The highest BCUT2D eigenvalue weighted by molar-refractivity contribution is 7.92.